The monoisotopic (exact) mass is 396 g/mol. The highest BCUT2D eigenvalue weighted by Gasteiger charge is 2.30. The van der Waals surface area contributed by atoms with Gasteiger partial charge >= 0.3 is 6.18 Å². The van der Waals surface area contributed by atoms with Gasteiger partial charge in [0.25, 0.3) is 0 Å². The topological polar surface area (TPSA) is 6.48 Å². The summed E-state index contributed by atoms with van der Waals surface area (Å²) >= 11 is 7.01. The third-order valence-electron chi connectivity index (χ3n) is 4.30. The fourth-order valence-corrected chi connectivity index (χ4v) is 4.02. The molecule has 26 heavy (non-hydrogen) atoms. The smallest absolute Gasteiger partial charge is 0.368 e. The Hall–Kier alpha value is -1.73. The van der Waals surface area contributed by atoms with Crippen LogP contribution in [0.3, 0.4) is 0 Å². The fourth-order valence-electron chi connectivity index (χ4n) is 2.81. The molecule has 2 aromatic rings. The van der Waals surface area contributed by atoms with Gasteiger partial charge in [0.15, 0.2) is 0 Å². The molecule has 0 bridgehead atoms. The lowest BCUT2D eigenvalue weighted by Crippen LogP contribution is -2.47. The maximum atomic E-state index is 12.6. The van der Waals surface area contributed by atoms with E-state index in [4.69, 9.17) is 12.2 Å². The van der Waals surface area contributed by atoms with Crippen LogP contribution in [0.15, 0.2) is 54.6 Å². The van der Waals surface area contributed by atoms with Crippen molar-refractivity contribution in [1.82, 2.24) is 4.90 Å². The van der Waals surface area contributed by atoms with Gasteiger partial charge in [0, 0.05) is 37.6 Å². The Labute approximate surface area is 161 Å². The zero-order valence-electron chi connectivity index (χ0n) is 14.1. The Bertz CT molecular complexity index is 725. The van der Waals surface area contributed by atoms with Crippen molar-refractivity contribution in [3.05, 3.63) is 65.7 Å². The number of thioether (sulfide) groups is 1. The molecule has 0 aliphatic carbocycles. The summed E-state index contributed by atoms with van der Waals surface area (Å²) in [6, 6.07) is 15.6. The van der Waals surface area contributed by atoms with Crippen molar-refractivity contribution in [3.8, 4) is 0 Å². The minimum Gasteiger partial charge on any atom is -0.368 e. The molecule has 0 radical (unpaired) electrons. The Morgan fingerprint density at radius 3 is 2.12 bits per heavy atom. The Morgan fingerprint density at radius 2 is 1.54 bits per heavy atom. The molecule has 1 heterocycles. The third kappa shape index (κ3) is 4.92. The molecule has 1 aliphatic rings. The summed E-state index contributed by atoms with van der Waals surface area (Å²) in [5.41, 5.74) is 1.44. The summed E-state index contributed by atoms with van der Waals surface area (Å²) < 4.78 is 38.6. The van der Waals surface area contributed by atoms with Gasteiger partial charge in [-0.15, -0.1) is 0 Å². The SMILES string of the molecule is FC(F)(F)c1ccc(CSC(=S)N2CCN(c3ccccc3)CC2)cc1. The van der Waals surface area contributed by atoms with Crippen LogP contribution >= 0.6 is 24.0 Å². The first-order chi connectivity index (χ1) is 12.4. The number of thiocarbonyl (C=S) groups is 1. The molecule has 0 amide bonds. The van der Waals surface area contributed by atoms with Gasteiger partial charge in [-0.1, -0.05) is 54.3 Å². The molecular formula is C19H19F3N2S2. The Kier molecular flexibility index (Phi) is 6.09. The van der Waals surface area contributed by atoms with Gasteiger partial charge in [-0.05, 0) is 29.8 Å². The van der Waals surface area contributed by atoms with E-state index >= 15 is 0 Å². The molecule has 0 atom stereocenters. The van der Waals surface area contributed by atoms with E-state index in [0.717, 1.165) is 48.2 Å². The van der Waals surface area contributed by atoms with Crippen molar-refractivity contribution in [1.29, 1.82) is 0 Å². The number of piperazine rings is 1. The van der Waals surface area contributed by atoms with E-state index in [2.05, 4.69) is 21.9 Å². The molecule has 1 aliphatic heterocycles. The van der Waals surface area contributed by atoms with E-state index in [1.165, 1.54) is 29.6 Å². The molecule has 0 aromatic heterocycles. The van der Waals surface area contributed by atoms with Gasteiger partial charge in [-0.25, -0.2) is 0 Å². The van der Waals surface area contributed by atoms with E-state index in [-0.39, 0.29) is 0 Å². The number of halogens is 3. The van der Waals surface area contributed by atoms with Crippen LogP contribution in [0.4, 0.5) is 18.9 Å². The number of nitrogens with zero attached hydrogens (tertiary/aromatic N) is 2. The molecule has 7 heteroatoms. The van der Waals surface area contributed by atoms with E-state index in [1.807, 2.05) is 18.2 Å². The number of alkyl halides is 3. The van der Waals surface area contributed by atoms with E-state index < -0.39 is 11.7 Å². The highest BCUT2D eigenvalue weighted by atomic mass is 32.2. The molecule has 2 nitrogen and oxygen atoms in total. The molecule has 0 spiro atoms. The maximum absolute atomic E-state index is 12.6. The predicted octanol–water partition coefficient (Wildman–Crippen LogP) is 5.05. The predicted molar refractivity (Wildman–Crippen MR) is 106 cm³/mol. The van der Waals surface area contributed by atoms with Crippen molar-refractivity contribution in [2.24, 2.45) is 0 Å². The van der Waals surface area contributed by atoms with Gasteiger partial charge < -0.3 is 9.80 Å². The number of benzene rings is 2. The molecule has 138 valence electrons. The first kappa shape index (κ1) is 19.0. The van der Waals surface area contributed by atoms with Crippen LogP contribution < -0.4 is 4.90 Å². The molecule has 2 aromatic carbocycles. The summed E-state index contributed by atoms with van der Waals surface area (Å²) in [6.45, 7) is 3.53. The van der Waals surface area contributed by atoms with Crippen molar-refractivity contribution in [2.75, 3.05) is 31.1 Å². The number of rotatable bonds is 3. The van der Waals surface area contributed by atoms with Gasteiger partial charge in [0.05, 0.1) is 5.56 Å². The molecule has 0 unspecified atom stereocenters. The minimum atomic E-state index is -4.29. The van der Waals surface area contributed by atoms with Crippen LogP contribution in [-0.4, -0.2) is 35.4 Å². The quantitative estimate of drug-likeness (QED) is 0.670. The van der Waals surface area contributed by atoms with Crippen LogP contribution in [0, 0.1) is 0 Å². The highest BCUT2D eigenvalue weighted by molar-refractivity contribution is 8.22. The lowest BCUT2D eigenvalue weighted by atomic mass is 10.1. The first-order valence-electron chi connectivity index (χ1n) is 8.31. The fraction of sp³-hybridized carbons (Fsp3) is 0.316. The first-order valence-corrected chi connectivity index (χ1v) is 9.71. The molecular weight excluding hydrogens is 377 g/mol. The number of anilines is 1. The number of hydrogen-bond acceptors (Lipinski definition) is 3. The standard InChI is InChI=1S/C19H19F3N2S2/c20-19(21,22)16-8-6-15(7-9-16)14-26-18(25)24-12-10-23(11-13-24)17-4-2-1-3-5-17/h1-9H,10-14H2. The Morgan fingerprint density at radius 1 is 0.923 bits per heavy atom. The molecule has 1 fully saturated rings. The summed E-state index contributed by atoms with van der Waals surface area (Å²) in [5, 5.41) is 0. The average molecular weight is 397 g/mol. The van der Waals surface area contributed by atoms with Crippen molar-refractivity contribution in [3.63, 3.8) is 0 Å². The second-order valence-corrected chi connectivity index (χ2v) is 7.67. The highest BCUT2D eigenvalue weighted by Crippen LogP contribution is 2.30. The van der Waals surface area contributed by atoms with Gasteiger partial charge in [0.1, 0.15) is 4.32 Å². The van der Waals surface area contributed by atoms with Gasteiger partial charge in [-0.2, -0.15) is 13.2 Å². The summed E-state index contributed by atoms with van der Waals surface area (Å²) in [6.07, 6.45) is -4.29. The van der Waals surface area contributed by atoms with Crippen LogP contribution in [0.5, 0.6) is 0 Å². The van der Waals surface area contributed by atoms with E-state index in [1.54, 1.807) is 0 Å². The maximum Gasteiger partial charge on any atom is 0.416 e. The lowest BCUT2D eigenvalue weighted by Gasteiger charge is -2.37. The summed E-state index contributed by atoms with van der Waals surface area (Å²) in [5.74, 6) is 0.579. The molecule has 3 rings (SSSR count). The van der Waals surface area contributed by atoms with Gasteiger partial charge in [-0.3, -0.25) is 0 Å². The summed E-state index contributed by atoms with van der Waals surface area (Å²) in [7, 11) is 0. The average Bonchev–Trinajstić information content (AvgIpc) is 2.66. The van der Waals surface area contributed by atoms with E-state index in [9.17, 15) is 13.2 Å². The van der Waals surface area contributed by atoms with Crippen LogP contribution in [-0.2, 0) is 11.9 Å². The van der Waals surface area contributed by atoms with Gasteiger partial charge in [0.2, 0.25) is 0 Å². The van der Waals surface area contributed by atoms with E-state index in [0.29, 0.717) is 5.75 Å². The summed E-state index contributed by atoms with van der Waals surface area (Å²) in [4.78, 5) is 4.50. The zero-order chi connectivity index (χ0) is 18.6. The molecule has 0 N–H and O–H groups in total. The van der Waals surface area contributed by atoms with Crippen LogP contribution in [0.1, 0.15) is 11.1 Å². The number of hydrogen-bond donors (Lipinski definition) is 0. The van der Waals surface area contributed by atoms with Crippen molar-refractivity contribution >= 4 is 34.0 Å². The van der Waals surface area contributed by atoms with Crippen molar-refractivity contribution in [2.45, 2.75) is 11.9 Å². The molecule has 1 saturated heterocycles. The minimum absolute atomic E-state index is 0.579. The number of para-hydroxylation sites is 1. The largest absolute Gasteiger partial charge is 0.416 e. The third-order valence-corrected chi connectivity index (χ3v) is 5.90. The second kappa shape index (κ2) is 8.31. The zero-order valence-corrected chi connectivity index (χ0v) is 15.7. The normalized spacial score (nSPS) is 15.2. The lowest BCUT2D eigenvalue weighted by molar-refractivity contribution is -0.137. The van der Waals surface area contributed by atoms with Crippen LogP contribution in [0.2, 0.25) is 0 Å². The van der Waals surface area contributed by atoms with Crippen molar-refractivity contribution < 1.29 is 13.2 Å². The second-order valence-electron chi connectivity index (χ2n) is 6.06. The van der Waals surface area contributed by atoms with Crippen LogP contribution in [0.25, 0.3) is 0 Å². The Balaban J connectivity index is 1.47. The molecule has 0 saturated carbocycles.